The molecule has 0 radical (unpaired) electrons. The normalized spacial score (nSPS) is 10.8. The fourth-order valence-corrected chi connectivity index (χ4v) is 3.78. The van der Waals surface area contributed by atoms with E-state index in [1.165, 1.54) is 0 Å². The summed E-state index contributed by atoms with van der Waals surface area (Å²) in [5.74, 6) is 0.122. The molecule has 0 unspecified atom stereocenters. The molecule has 35 heavy (non-hydrogen) atoms. The number of fused-ring (bicyclic) bond motifs is 1. The van der Waals surface area contributed by atoms with Crippen LogP contribution in [0.25, 0.3) is 16.7 Å². The molecule has 0 atom stereocenters. The highest BCUT2D eigenvalue weighted by Crippen LogP contribution is 2.29. The third kappa shape index (κ3) is 4.47. The summed E-state index contributed by atoms with van der Waals surface area (Å²) in [6, 6.07) is 21.1. The Hall–Kier alpha value is -4.92. The van der Waals surface area contributed by atoms with Crippen molar-refractivity contribution in [3.8, 4) is 11.6 Å². The number of ether oxygens (including phenoxy) is 1. The van der Waals surface area contributed by atoms with Gasteiger partial charge in [0.05, 0.1) is 18.8 Å². The Balaban J connectivity index is 1.40. The van der Waals surface area contributed by atoms with Crippen LogP contribution in [0.1, 0.15) is 10.4 Å². The van der Waals surface area contributed by atoms with Gasteiger partial charge in [0, 0.05) is 34.2 Å². The molecule has 3 aromatic carbocycles. The zero-order valence-corrected chi connectivity index (χ0v) is 18.7. The highest BCUT2D eigenvalue weighted by atomic mass is 19.1. The molecule has 0 saturated heterocycles. The summed E-state index contributed by atoms with van der Waals surface area (Å²) in [4.78, 5) is 21.0. The lowest BCUT2D eigenvalue weighted by Gasteiger charge is -2.11. The van der Waals surface area contributed by atoms with Crippen LogP contribution in [0.2, 0.25) is 0 Å². The van der Waals surface area contributed by atoms with Crippen molar-refractivity contribution in [3.63, 3.8) is 0 Å². The topological polar surface area (TPSA) is 107 Å². The molecule has 0 aliphatic carbocycles. The van der Waals surface area contributed by atoms with Crippen molar-refractivity contribution in [1.82, 2.24) is 14.5 Å². The minimum absolute atomic E-state index is 0.0943. The quantitative estimate of drug-likeness (QED) is 0.298. The summed E-state index contributed by atoms with van der Waals surface area (Å²) in [5, 5.41) is 6.74. The number of carbonyl (C=O) groups is 1. The van der Waals surface area contributed by atoms with E-state index in [4.69, 9.17) is 10.5 Å². The first-order valence-corrected chi connectivity index (χ1v) is 10.7. The summed E-state index contributed by atoms with van der Waals surface area (Å²) in [7, 11) is 1.59. The van der Waals surface area contributed by atoms with Crippen LogP contribution in [-0.4, -0.2) is 27.6 Å². The fraction of sp³-hybridized carbons (Fsp3) is 0.0385. The molecule has 2 heterocycles. The van der Waals surface area contributed by atoms with E-state index < -0.39 is 5.82 Å². The van der Waals surface area contributed by atoms with E-state index in [0.29, 0.717) is 28.4 Å². The number of anilines is 4. The molecule has 0 aliphatic rings. The van der Waals surface area contributed by atoms with Gasteiger partial charge in [0.25, 0.3) is 5.91 Å². The molecule has 5 rings (SSSR count). The molecular weight excluding hydrogens is 447 g/mol. The van der Waals surface area contributed by atoms with Gasteiger partial charge in [-0.05, 0) is 54.6 Å². The molecule has 2 aromatic heterocycles. The Morgan fingerprint density at radius 2 is 1.83 bits per heavy atom. The van der Waals surface area contributed by atoms with Crippen LogP contribution in [0.15, 0.2) is 85.2 Å². The van der Waals surface area contributed by atoms with Gasteiger partial charge in [-0.25, -0.2) is 9.37 Å². The first kappa shape index (κ1) is 21.9. The van der Waals surface area contributed by atoms with Gasteiger partial charge in [-0.2, -0.15) is 4.98 Å². The molecular formula is C26H21FN6O2. The average molecular weight is 468 g/mol. The molecule has 4 N–H and O–H groups in total. The van der Waals surface area contributed by atoms with Crippen molar-refractivity contribution in [3.05, 3.63) is 96.6 Å². The summed E-state index contributed by atoms with van der Waals surface area (Å²) < 4.78 is 21.8. The zero-order valence-electron chi connectivity index (χ0n) is 18.7. The number of aromatic nitrogens is 3. The maximum atomic E-state index is 14.7. The third-order valence-corrected chi connectivity index (χ3v) is 5.39. The number of nitrogens with one attached hydrogen (secondary N) is 2. The number of nitrogens with two attached hydrogens (primary N) is 1. The van der Waals surface area contributed by atoms with Crippen LogP contribution >= 0.6 is 0 Å². The van der Waals surface area contributed by atoms with Crippen LogP contribution in [0, 0.1) is 5.82 Å². The fourth-order valence-electron chi connectivity index (χ4n) is 3.78. The zero-order chi connectivity index (χ0) is 24.4. The molecule has 9 heteroatoms. The van der Waals surface area contributed by atoms with E-state index in [2.05, 4.69) is 20.6 Å². The first-order chi connectivity index (χ1) is 17.0. The minimum Gasteiger partial charge on any atom is -0.496 e. The molecule has 8 nitrogen and oxygen atoms in total. The Bertz CT molecular complexity index is 1550. The highest BCUT2D eigenvalue weighted by Gasteiger charge is 2.14. The van der Waals surface area contributed by atoms with E-state index in [1.807, 2.05) is 24.3 Å². The van der Waals surface area contributed by atoms with E-state index >= 15 is 0 Å². The van der Waals surface area contributed by atoms with Gasteiger partial charge >= 0.3 is 0 Å². The second-order valence-corrected chi connectivity index (χ2v) is 7.73. The summed E-state index contributed by atoms with van der Waals surface area (Å²) >= 11 is 0. The molecule has 1 amide bonds. The summed E-state index contributed by atoms with van der Waals surface area (Å²) in [5.41, 5.74) is 8.65. The lowest BCUT2D eigenvalue weighted by molar-refractivity contribution is 0.102. The largest absolute Gasteiger partial charge is 0.496 e. The molecule has 0 spiro atoms. The predicted molar refractivity (Wildman–Crippen MR) is 134 cm³/mol. The molecule has 0 saturated carbocycles. The van der Waals surface area contributed by atoms with Gasteiger partial charge in [0.15, 0.2) is 11.6 Å². The van der Waals surface area contributed by atoms with Gasteiger partial charge in [-0.3, -0.25) is 9.36 Å². The van der Waals surface area contributed by atoms with Gasteiger partial charge in [0.2, 0.25) is 5.95 Å². The molecule has 174 valence electrons. The number of methoxy groups -OCH3 is 1. The van der Waals surface area contributed by atoms with Crippen molar-refractivity contribution >= 4 is 39.8 Å². The van der Waals surface area contributed by atoms with E-state index in [0.717, 1.165) is 17.1 Å². The van der Waals surface area contributed by atoms with Crippen molar-refractivity contribution in [1.29, 1.82) is 0 Å². The summed E-state index contributed by atoms with van der Waals surface area (Å²) in [6.45, 7) is 0. The number of halogens is 1. The number of carbonyl (C=O) groups excluding carboxylic acids is 1. The number of amides is 1. The van der Waals surface area contributed by atoms with Gasteiger partial charge < -0.3 is 21.1 Å². The lowest BCUT2D eigenvalue weighted by atomic mass is 10.2. The smallest absolute Gasteiger partial charge is 0.255 e. The van der Waals surface area contributed by atoms with Crippen LogP contribution in [-0.2, 0) is 0 Å². The monoisotopic (exact) mass is 468 g/mol. The average Bonchev–Trinajstić information content (AvgIpc) is 3.29. The Morgan fingerprint density at radius 3 is 2.66 bits per heavy atom. The minimum atomic E-state index is -0.570. The maximum Gasteiger partial charge on any atom is 0.255 e. The number of hydrogen-bond acceptors (Lipinski definition) is 6. The second-order valence-electron chi connectivity index (χ2n) is 7.73. The molecule has 5 aromatic rings. The van der Waals surface area contributed by atoms with Crippen molar-refractivity contribution in [2.45, 2.75) is 0 Å². The maximum absolute atomic E-state index is 14.7. The van der Waals surface area contributed by atoms with Gasteiger partial charge in [-0.1, -0.05) is 18.2 Å². The van der Waals surface area contributed by atoms with Crippen molar-refractivity contribution in [2.24, 2.45) is 0 Å². The van der Waals surface area contributed by atoms with E-state index in [9.17, 15) is 9.18 Å². The first-order valence-electron chi connectivity index (χ1n) is 10.7. The molecule has 0 aliphatic heterocycles. The number of nitrogen functional groups attached to an aromatic ring is 1. The predicted octanol–water partition coefficient (Wildman–Crippen LogP) is 5.15. The second kappa shape index (κ2) is 9.14. The number of hydrogen-bond donors (Lipinski definition) is 3. The molecule has 0 bridgehead atoms. The van der Waals surface area contributed by atoms with Crippen LogP contribution < -0.4 is 21.1 Å². The van der Waals surface area contributed by atoms with E-state index in [1.54, 1.807) is 66.4 Å². The van der Waals surface area contributed by atoms with E-state index in [-0.39, 0.29) is 17.7 Å². The van der Waals surface area contributed by atoms with Crippen LogP contribution in [0.4, 0.5) is 27.4 Å². The van der Waals surface area contributed by atoms with Crippen LogP contribution in [0.3, 0.4) is 0 Å². The SMILES string of the molecule is COc1cccc2c1ccn2-c1nc(Nc2cccc(NC(=O)c3cccc(N)c3)c2)ncc1F. The van der Waals surface area contributed by atoms with Crippen molar-refractivity contribution in [2.75, 3.05) is 23.5 Å². The Kier molecular flexibility index (Phi) is 5.72. The van der Waals surface area contributed by atoms with Gasteiger partial charge in [-0.15, -0.1) is 0 Å². The molecule has 0 fully saturated rings. The van der Waals surface area contributed by atoms with Crippen LogP contribution in [0.5, 0.6) is 5.75 Å². The Labute approximate surface area is 200 Å². The number of nitrogens with zero attached hydrogens (tertiary/aromatic N) is 3. The van der Waals surface area contributed by atoms with Crippen molar-refractivity contribution < 1.29 is 13.9 Å². The summed E-state index contributed by atoms with van der Waals surface area (Å²) in [6.07, 6.45) is 2.84. The number of benzene rings is 3. The standard InChI is InChI=1S/C26H21FN6O2/c1-35-23-10-4-9-22-20(23)11-12-33(22)24-21(27)15-29-26(32-24)31-19-8-3-7-18(14-19)30-25(34)16-5-2-6-17(28)13-16/h2-15H,28H2,1H3,(H,30,34)(H,29,31,32). The highest BCUT2D eigenvalue weighted by molar-refractivity contribution is 6.05. The van der Waals surface area contributed by atoms with Gasteiger partial charge in [0.1, 0.15) is 5.75 Å². The Morgan fingerprint density at radius 1 is 1.03 bits per heavy atom. The third-order valence-electron chi connectivity index (χ3n) is 5.39. The number of rotatable bonds is 6. The lowest BCUT2D eigenvalue weighted by Crippen LogP contribution is -2.12.